The monoisotopic (exact) mass is 324 g/mol. The molecular formula is C7H6BF3IK. The predicted molar refractivity (Wildman–Crippen MR) is 51.9 cm³/mol. The molecule has 0 heterocycles. The minimum atomic E-state index is -4.70. The Bertz CT molecular complexity index is 259. The average molecular weight is 324 g/mol. The van der Waals surface area contributed by atoms with E-state index in [-0.39, 0.29) is 51.4 Å². The molecule has 13 heavy (non-hydrogen) atoms. The molecule has 0 saturated carbocycles. The summed E-state index contributed by atoms with van der Waals surface area (Å²) in [6.07, 6.45) is -0.781. The average Bonchev–Trinajstić information content (AvgIpc) is 1.91. The van der Waals surface area contributed by atoms with E-state index in [0.717, 1.165) is 3.57 Å². The van der Waals surface area contributed by atoms with Gasteiger partial charge in [-0.2, -0.15) is 0 Å². The van der Waals surface area contributed by atoms with Gasteiger partial charge in [0, 0.05) is 3.57 Å². The predicted octanol–water partition coefficient (Wildman–Crippen LogP) is 0.224. The first kappa shape index (κ1) is 14.4. The maximum absolute atomic E-state index is 11.9. The Hall–Kier alpha value is 1.44. The van der Waals surface area contributed by atoms with Crippen LogP contribution in [0.1, 0.15) is 5.56 Å². The molecule has 0 aliphatic carbocycles. The van der Waals surface area contributed by atoms with E-state index in [2.05, 4.69) is 22.6 Å². The van der Waals surface area contributed by atoms with Crippen molar-refractivity contribution >= 4 is 29.6 Å². The van der Waals surface area contributed by atoms with Crippen LogP contribution in [0.5, 0.6) is 0 Å². The zero-order chi connectivity index (χ0) is 9.19. The van der Waals surface area contributed by atoms with Crippen LogP contribution < -0.4 is 51.4 Å². The van der Waals surface area contributed by atoms with Crippen LogP contribution in [0.4, 0.5) is 12.9 Å². The summed E-state index contributed by atoms with van der Waals surface area (Å²) >= 11 is 2.06. The fraction of sp³-hybridized carbons (Fsp3) is 0.143. The number of benzene rings is 1. The summed E-state index contributed by atoms with van der Waals surface area (Å²) in [6.45, 7) is -4.70. The van der Waals surface area contributed by atoms with Crippen LogP contribution in [0.15, 0.2) is 24.3 Å². The molecule has 1 aromatic rings. The van der Waals surface area contributed by atoms with E-state index in [0.29, 0.717) is 5.56 Å². The zero-order valence-electron chi connectivity index (χ0n) is 7.11. The van der Waals surface area contributed by atoms with Crippen LogP contribution in [0, 0.1) is 3.57 Å². The van der Waals surface area contributed by atoms with E-state index in [1.807, 2.05) is 0 Å². The van der Waals surface area contributed by atoms with Gasteiger partial charge in [-0.05, 0) is 34.7 Å². The SMILES string of the molecule is F[B-](F)(F)Cc1ccc(I)cc1.[K+]. The first-order chi connectivity index (χ1) is 5.47. The first-order valence-corrected chi connectivity index (χ1v) is 4.51. The van der Waals surface area contributed by atoms with Crippen LogP contribution in [-0.2, 0) is 6.32 Å². The Morgan fingerprint density at radius 1 is 1.08 bits per heavy atom. The Labute approximate surface area is 131 Å². The molecule has 0 bridgehead atoms. The molecule has 0 amide bonds. The molecule has 6 heteroatoms. The Balaban J connectivity index is 0.00000144. The molecule has 0 saturated heterocycles. The minimum Gasteiger partial charge on any atom is -0.449 e. The molecular weight excluding hydrogens is 318 g/mol. The number of halogens is 4. The van der Waals surface area contributed by atoms with Gasteiger partial charge in [-0.3, -0.25) is 0 Å². The summed E-state index contributed by atoms with van der Waals surface area (Å²) in [7, 11) is 0. The van der Waals surface area contributed by atoms with Crippen molar-refractivity contribution in [1.29, 1.82) is 0 Å². The van der Waals surface area contributed by atoms with Crippen molar-refractivity contribution in [1.82, 2.24) is 0 Å². The van der Waals surface area contributed by atoms with Crippen molar-refractivity contribution in [2.24, 2.45) is 0 Å². The van der Waals surface area contributed by atoms with Crippen molar-refractivity contribution in [2.75, 3.05) is 0 Å². The molecule has 1 aromatic carbocycles. The van der Waals surface area contributed by atoms with E-state index < -0.39 is 13.3 Å². The van der Waals surface area contributed by atoms with Crippen molar-refractivity contribution in [2.45, 2.75) is 6.32 Å². The van der Waals surface area contributed by atoms with Gasteiger partial charge in [-0.25, -0.2) is 0 Å². The van der Waals surface area contributed by atoms with Crippen LogP contribution >= 0.6 is 22.6 Å². The number of hydrogen-bond acceptors (Lipinski definition) is 0. The number of rotatable bonds is 2. The smallest absolute Gasteiger partial charge is 0.449 e. The van der Waals surface area contributed by atoms with Crippen LogP contribution in [0.2, 0.25) is 0 Å². The molecule has 0 atom stereocenters. The van der Waals surface area contributed by atoms with Gasteiger partial charge in [0.2, 0.25) is 0 Å². The fourth-order valence-corrected chi connectivity index (χ4v) is 1.25. The van der Waals surface area contributed by atoms with Gasteiger partial charge >= 0.3 is 58.4 Å². The molecule has 1 rings (SSSR count). The van der Waals surface area contributed by atoms with E-state index in [1.165, 1.54) is 12.1 Å². The third-order valence-electron chi connectivity index (χ3n) is 1.38. The molecule has 0 spiro atoms. The van der Waals surface area contributed by atoms with Crippen molar-refractivity contribution in [3.05, 3.63) is 33.4 Å². The van der Waals surface area contributed by atoms with E-state index in [1.54, 1.807) is 12.1 Å². The molecule has 0 nitrogen and oxygen atoms in total. The second kappa shape index (κ2) is 6.12. The molecule has 0 aliphatic rings. The molecule has 0 aliphatic heterocycles. The van der Waals surface area contributed by atoms with Crippen LogP contribution in [-0.4, -0.2) is 6.98 Å². The minimum absolute atomic E-state index is 0. The summed E-state index contributed by atoms with van der Waals surface area (Å²) < 4.78 is 36.7. The van der Waals surface area contributed by atoms with E-state index >= 15 is 0 Å². The first-order valence-electron chi connectivity index (χ1n) is 3.43. The molecule has 0 fully saturated rings. The Morgan fingerprint density at radius 2 is 1.54 bits per heavy atom. The van der Waals surface area contributed by atoms with Crippen LogP contribution in [0.3, 0.4) is 0 Å². The van der Waals surface area contributed by atoms with E-state index in [4.69, 9.17) is 0 Å². The van der Waals surface area contributed by atoms with Gasteiger partial charge in [0.25, 0.3) is 0 Å². The third kappa shape index (κ3) is 6.51. The van der Waals surface area contributed by atoms with E-state index in [9.17, 15) is 12.9 Å². The Morgan fingerprint density at radius 3 is 1.92 bits per heavy atom. The van der Waals surface area contributed by atoms with Crippen molar-refractivity contribution in [3.63, 3.8) is 0 Å². The Kier molecular flexibility index (Phi) is 6.80. The molecule has 0 radical (unpaired) electrons. The van der Waals surface area contributed by atoms with Gasteiger partial charge in [0.05, 0.1) is 0 Å². The summed E-state index contributed by atoms with van der Waals surface area (Å²) in [4.78, 5) is 0. The summed E-state index contributed by atoms with van der Waals surface area (Å²) in [5, 5.41) is 0. The summed E-state index contributed by atoms with van der Waals surface area (Å²) in [5.41, 5.74) is 0.336. The second-order valence-corrected chi connectivity index (χ2v) is 3.79. The van der Waals surface area contributed by atoms with Crippen molar-refractivity contribution in [3.8, 4) is 0 Å². The molecule has 66 valence electrons. The zero-order valence-corrected chi connectivity index (χ0v) is 12.4. The summed E-state index contributed by atoms with van der Waals surface area (Å²) in [5.74, 6) is 0. The van der Waals surface area contributed by atoms with Crippen LogP contribution in [0.25, 0.3) is 0 Å². The fourth-order valence-electron chi connectivity index (χ4n) is 0.888. The molecule has 0 unspecified atom stereocenters. The van der Waals surface area contributed by atoms with Gasteiger partial charge in [-0.1, -0.05) is 24.0 Å². The molecule has 0 aromatic heterocycles. The maximum Gasteiger partial charge on any atom is 1.00 e. The topological polar surface area (TPSA) is 0 Å². The van der Waals surface area contributed by atoms with Crippen molar-refractivity contribution < 1.29 is 64.3 Å². The molecule has 0 N–H and O–H groups in total. The number of hydrogen-bond donors (Lipinski definition) is 0. The maximum atomic E-state index is 11.9. The normalized spacial score (nSPS) is 10.8. The third-order valence-corrected chi connectivity index (χ3v) is 2.10. The van der Waals surface area contributed by atoms with Gasteiger partial charge in [0.1, 0.15) is 0 Å². The standard InChI is InChI=1S/C7H6BF3I.K/c9-8(10,11)5-6-1-3-7(12)4-2-6;/h1-4H,5H2;/q-1;+1. The van der Waals surface area contributed by atoms with Gasteiger partial charge in [-0.15, -0.1) is 0 Å². The second-order valence-electron chi connectivity index (χ2n) is 2.54. The summed E-state index contributed by atoms with van der Waals surface area (Å²) in [6, 6.07) is 6.38. The van der Waals surface area contributed by atoms with Gasteiger partial charge in [0.15, 0.2) is 0 Å². The quantitative estimate of drug-likeness (QED) is 0.540. The largest absolute Gasteiger partial charge is 1.00 e. The van der Waals surface area contributed by atoms with Gasteiger partial charge < -0.3 is 12.9 Å².